The Balaban J connectivity index is 2.76. The normalized spacial score (nSPS) is 11.9. The van der Waals surface area contributed by atoms with Crippen molar-refractivity contribution >= 4 is 44.7 Å². The number of ether oxygens (including phenoxy) is 3. The number of carbonyl (C=O) groups excluding carboxylic acids is 2. The zero-order valence-electron chi connectivity index (χ0n) is 18.0. The van der Waals surface area contributed by atoms with Gasteiger partial charge in [-0.25, -0.2) is 14.6 Å². The van der Waals surface area contributed by atoms with Gasteiger partial charge in [-0.3, -0.25) is 0 Å². The molecule has 29 heavy (non-hydrogen) atoms. The van der Waals surface area contributed by atoms with Gasteiger partial charge in [-0.05, 0) is 82.1 Å². The molecule has 2 aromatic rings. The number of methoxy groups -OCH3 is 1. The topological polar surface area (TPSA) is 78.0 Å². The van der Waals surface area contributed by atoms with Crippen molar-refractivity contribution in [2.75, 3.05) is 12.0 Å². The predicted octanol–water partition coefficient (Wildman–Crippen LogP) is 5.99. The van der Waals surface area contributed by atoms with E-state index in [0.717, 1.165) is 15.8 Å². The smallest absolute Gasteiger partial charge is 0.425 e. The molecule has 0 radical (unpaired) electrons. The molecule has 0 fully saturated rings. The van der Waals surface area contributed by atoms with Gasteiger partial charge < -0.3 is 14.2 Å². The van der Waals surface area contributed by atoms with Gasteiger partial charge in [-0.1, -0.05) is 0 Å². The molecule has 8 heteroatoms. The average molecular weight is 467 g/mol. The van der Waals surface area contributed by atoms with Crippen molar-refractivity contribution in [1.82, 2.24) is 4.98 Å². The number of hydrogen-bond donors (Lipinski definition) is 0. The van der Waals surface area contributed by atoms with Crippen LogP contribution in [0.25, 0.3) is 10.8 Å². The summed E-state index contributed by atoms with van der Waals surface area (Å²) in [5.41, 5.74) is -0.680. The lowest BCUT2D eigenvalue weighted by molar-refractivity contribution is 0.0429. The maximum absolute atomic E-state index is 13.0. The predicted molar refractivity (Wildman–Crippen MR) is 116 cm³/mol. The molecule has 2 amide bonds. The molecule has 1 aromatic carbocycles. The first-order valence-electron chi connectivity index (χ1n) is 9.12. The first-order chi connectivity index (χ1) is 13.2. The first-order valence-corrected chi connectivity index (χ1v) is 9.92. The van der Waals surface area contributed by atoms with Crippen LogP contribution in [0.4, 0.5) is 15.4 Å². The molecular weight excluding hydrogens is 440 g/mol. The number of benzene rings is 1. The monoisotopic (exact) mass is 466 g/mol. The molecule has 0 aliphatic rings. The number of halogens is 1. The molecule has 0 spiro atoms. The maximum Gasteiger partial charge on any atom is 0.425 e. The van der Waals surface area contributed by atoms with E-state index in [1.54, 1.807) is 41.5 Å². The maximum atomic E-state index is 13.0. The molecule has 1 heterocycles. The van der Waals surface area contributed by atoms with E-state index in [1.165, 1.54) is 13.3 Å². The van der Waals surface area contributed by atoms with Gasteiger partial charge in [0.15, 0.2) is 5.82 Å². The molecule has 7 nitrogen and oxygen atoms in total. The lowest BCUT2D eigenvalue weighted by Gasteiger charge is -2.29. The molecule has 0 aliphatic carbocycles. The molecule has 0 N–H and O–H groups in total. The second-order valence-electron chi connectivity index (χ2n) is 8.62. The number of fused-ring (bicyclic) bond motifs is 1. The van der Waals surface area contributed by atoms with Crippen LogP contribution in [0, 0.1) is 6.92 Å². The van der Waals surface area contributed by atoms with Gasteiger partial charge in [0.1, 0.15) is 17.0 Å². The summed E-state index contributed by atoms with van der Waals surface area (Å²) in [5.74, 6) is 0.546. The summed E-state index contributed by atoms with van der Waals surface area (Å²) < 4.78 is 17.1. The summed E-state index contributed by atoms with van der Waals surface area (Å²) >= 11 is 3.48. The number of amides is 2. The molecule has 0 saturated heterocycles. The third kappa shape index (κ3) is 5.59. The van der Waals surface area contributed by atoms with Crippen molar-refractivity contribution in [3.8, 4) is 5.75 Å². The number of rotatable bonds is 2. The van der Waals surface area contributed by atoms with Crippen LogP contribution >= 0.6 is 15.9 Å². The van der Waals surface area contributed by atoms with Crippen LogP contribution in [0.1, 0.15) is 47.1 Å². The minimum absolute atomic E-state index is 0.0727. The Labute approximate surface area is 179 Å². The highest BCUT2D eigenvalue weighted by molar-refractivity contribution is 9.10. The van der Waals surface area contributed by atoms with Crippen LogP contribution in [0.15, 0.2) is 22.8 Å². The second kappa shape index (κ2) is 8.18. The lowest BCUT2D eigenvalue weighted by Crippen LogP contribution is -2.44. The van der Waals surface area contributed by atoms with Crippen molar-refractivity contribution in [3.05, 3.63) is 28.4 Å². The minimum atomic E-state index is -0.884. The zero-order valence-corrected chi connectivity index (χ0v) is 19.6. The fourth-order valence-corrected chi connectivity index (χ4v) is 3.03. The lowest BCUT2D eigenvalue weighted by atomic mass is 10.1. The van der Waals surface area contributed by atoms with Crippen LogP contribution in [-0.4, -0.2) is 35.5 Å². The van der Waals surface area contributed by atoms with Gasteiger partial charge in [0.2, 0.25) is 0 Å². The number of imide groups is 1. The second-order valence-corrected chi connectivity index (χ2v) is 9.47. The van der Waals surface area contributed by atoms with E-state index >= 15 is 0 Å². The molecule has 0 atom stereocenters. The van der Waals surface area contributed by atoms with Crippen molar-refractivity contribution in [2.45, 2.75) is 59.7 Å². The average Bonchev–Trinajstić information content (AvgIpc) is 2.53. The minimum Gasteiger partial charge on any atom is -0.496 e. The van der Waals surface area contributed by atoms with Crippen molar-refractivity contribution < 1.29 is 23.8 Å². The van der Waals surface area contributed by atoms with E-state index in [-0.39, 0.29) is 5.82 Å². The van der Waals surface area contributed by atoms with Gasteiger partial charge in [0.25, 0.3) is 0 Å². The fourth-order valence-electron chi connectivity index (χ4n) is 2.62. The van der Waals surface area contributed by atoms with Crippen LogP contribution in [0.2, 0.25) is 0 Å². The van der Waals surface area contributed by atoms with Crippen molar-refractivity contribution in [3.63, 3.8) is 0 Å². The van der Waals surface area contributed by atoms with E-state index in [4.69, 9.17) is 14.2 Å². The van der Waals surface area contributed by atoms with E-state index in [9.17, 15) is 9.59 Å². The molecule has 0 saturated carbocycles. The largest absolute Gasteiger partial charge is 0.496 e. The summed E-state index contributed by atoms with van der Waals surface area (Å²) in [4.78, 5) is 31.1. The molecule has 1 aromatic heterocycles. The summed E-state index contributed by atoms with van der Waals surface area (Å²) in [7, 11) is 1.52. The van der Waals surface area contributed by atoms with Crippen LogP contribution in [-0.2, 0) is 9.47 Å². The van der Waals surface area contributed by atoms with Gasteiger partial charge in [0.05, 0.1) is 12.5 Å². The summed E-state index contributed by atoms with van der Waals surface area (Å²) in [6.07, 6.45) is -0.242. The number of aryl methyl sites for hydroxylation is 1. The number of hydrogen-bond acceptors (Lipinski definition) is 6. The Bertz CT molecular complexity index is 917. The number of pyridine rings is 1. The van der Waals surface area contributed by atoms with Crippen LogP contribution in [0.3, 0.4) is 0 Å². The number of anilines is 1. The number of aromatic nitrogens is 1. The van der Waals surface area contributed by atoms with Crippen molar-refractivity contribution in [2.24, 2.45) is 0 Å². The molecule has 0 unspecified atom stereocenters. The highest BCUT2D eigenvalue weighted by atomic mass is 79.9. The van der Waals surface area contributed by atoms with Crippen LogP contribution < -0.4 is 9.64 Å². The molecule has 2 rings (SSSR count). The fraction of sp³-hybridized carbons (Fsp3) is 0.476. The van der Waals surface area contributed by atoms with Crippen molar-refractivity contribution in [1.29, 1.82) is 0 Å². The highest BCUT2D eigenvalue weighted by Gasteiger charge is 2.35. The molecule has 0 bridgehead atoms. The Morgan fingerprint density at radius 2 is 1.52 bits per heavy atom. The molecule has 0 aliphatic heterocycles. The number of carbonyl (C=O) groups is 2. The Morgan fingerprint density at radius 1 is 1.00 bits per heavy atom. The SMILES string of the molecule is COc1cc(C)cc2c(Br)cnc(N(C(=O)OC(C)(C)C)C(=O)OC(C)(C)C)c12. The van der Waals surface area contributed by atoms with Gasteiger partial charge in [-0.2, -0.15) is 4.90 Å². The van der Waals surface area contributed by atoms with E-state index < -0.39 is 23.4 Å². The van der Waals surface area contributed by atoms with Gasteiger partial charge in [-0.15, -0.1) is 0 Å². The standard InChI is InChI=1S/C21H27BrN2O5/c1-12-9-13-14(22)11-23-17(16(13)15(10-12)27-8)24(18(25)28-20(2,3)4)19(26)29-21(5,6)7/h9-11H,1-8H3. The third-order valence-corrected chi connectivity index (χ3v) is 4.24. The van der Waals surface area contributed by atoms with Gasteiger partial charge in [0, 0.05) is 16.1 Å². The highest BCUT2D eigenvalue weighted by Crippen LogP contribution is 2.38. The Morgan fingerprint density at radius 3 is 1.97 bits per heavy atom. The Kier molecular flexibility index (Phi) is 6.47. The van der Waals surface area contributed by atoms with E-state index in [2.05, 4.69) is 20.9 Å². The molecular formula is C21H27BrN2O5. The zero-order chi connectivity index (χ0) is 22.1. The summed E-state index contributed by atoms with van der Waals surface area (Å²) in [5, 5.41) is 1.23. The summed E-state index contributed by atoms with van der Waals surface area (Å²) in [6, 6.07) is 3.72. The molecule has 158 valence electrons. The van der Waals surface area contributed by atoms with E-state index in [1.807, 2.05) is 19.1 Å². The summed E-state index contributed by atoms with van der Waals surface area (Å²) in [6.45, 7) is 12.2. The first kappa shape index (κ1) is 22.9. The van der Waals surface area contributed by atoms with Gasteiger partial charge >= 0.3 is 12.2 Å². The van der Waals surface area contributed by atoms with Crippen LogP contribution in [0.5, 0.6) is 5.75 Å². The number of nitrogens with zero attached hydrogens (tertiary/aromatic N) is 2. The Hall–Kier alpha value is -2.35. The van der Waals surface area contributed by atoms with E-state index in [0.29, 0.717) is 15.6 Å². The third-order valence-electron chi connectivity index (χ3n) is 3.61. The quantitative estimate of drug-likeness (QED) is 0.540.